The molecule has 2 amide bonds. The number of ether oxygens (including phenoxy) is 1. The van der Waals surface area contributed by atoms with E-state index in [0.717, 1.165) is 0 Å². The van der Waals surface area contributed by atoms with Gasteiger partial charge in [0, 0.05) is 22.9 Å². The molecule has 1 aliphatic heterocycles. The molecule has 0 aromatic heterocycles. The highest BCUT2D eigenvalue weighted by Crippen LogP contribution is 2.50. The van der Waals surface area contributed by atoms with E-state index in [1.54, 1.807) is 24.3 Å². The van der Waals surface area contributed by atoms with E-state index in [1.807, 2.05) is 0 Å². The molecule has 0 saturated heterocycles. The third-order valence-electron chi connectivity index (χ3n) is 5.73. The van der Waals surface area contributed by atoms with Gasteiger partial charge in [-0.3, -0.25) is 9.69 Å². The first-order valence-electron chi connectivity index (χ1n) is 9.77. The largest absolute Gasteiger partial charge is 0.497 e. The van der Waals surface area contributed by atoms with Crippen LogP contribution in [0.3, 0.4) is 0 Å². The zero-order chi connectivity index (χ0) is 22.4. The maximum absolute atomic E-state index is 14.4. The monoisotopic (exact) mass is 452 g/mol. The SMILES string of the molecule is COc1ccc(CN2C(=O)NC(CC(=O)C3CC3)(C(F)(F)F)c3cc(Cl)ccc32)cc1. The molecule has 4 rings (SSSR count). The summed E-state index contributed by atoms with van der Waals surface area (Å²) in [7, 11) is 1.52. The Bertz CT molecular complexity index is 1020. The van der Waals surface area contributed by atoms with Crippen LogP contribution in [0.25, 0.3) is 0 Å². The number of hydrogen-bond acceptors (Lipinski definition) is 3. The van der Waals surface area contributed by atoms with Crippen molar-refractivity contribution in [1.29, 1.82) is 0 Å². The number of carbonyl (C=O) groups excluding carboxylic acids is 2. The normalized spacial score (nSPS) is 20.8. The van der Waals surface area contributed by atoms with Crippen LogP contribution >= 0.6 is 11.6 Å². The molecule has 2 aliphatic rings. The third-order valence-corrected chi connectivity index (χ3v) is 5.97. The second-order valence-corrected chi connectivity index (χ2v) is 8.28. The minimum atomic E-state index is -4.89. The number of carbonyl (C=O) groups is 2. The summed E-state index contributed by atoms with van der Waals surface area (Å²) in [6.07, 6.45) is -4.59. The lowest BCUT2D eigenvalue weighted by atomic mass is 9.80. The molecule has 5 nitrogen and oxygen atoms in total. The summed E-state index contributed by atoms with van der Waals surface area (Å²) in [5, 5.41) is 2.21. The van der Waals surface area contributed by atoms with Crippen LogP contribution in [0, 0.1) is 5.92 Å². The molecule has 31 heavy (non-hydrogen) atoms. The van der Waals surface area contributed by atoms with Crippen molar-refractivity contribution in [3.8, 4) is 5.75 Å². The lowest BCUT2D eigenvalue weighted by Gasteiger charge is -2.44. The van der Waals surface area contributed by atoms with Crippen LogP contribution in [-0.2, 0) is 16.9 Å². The predicted molar refractivity (Wildman–Crippen MR) is 109 cm³/mol. The summed E-state index contributed by atoms with van der Waals surface area (Å²) in [4.78, 5) is 26.6. The van der Waals surface area contributed by atoms with Crippen molar-refractivity contribution in [1.82, 2.24) is 5.32 Å². The van der Waals surface area contributed by atoms with Gasteiger partial charge in [0.05, 0.1) is 19.3 Å². The second-order valence-electron chi connectivity index (χ2n) is 7.85. The van der Waals surface area contributed by atoms with Gasteiger partial charge in [-0.25, -0.2) is 4.79 Å². The van der Waals surface area contributed by atoms with Gasteiger partial charge in [0.2, 0.25) is 0 Å². The number of halogens is 4. The fourth-order valence-electron chi connectivity index (χ4n) is 3.86. The Morgan fingerprint density at radius 2 is 1.90 bits per heavy atom. The molecular weight excluding hydrogens is 433 g/mol. The van der Waals surface area contributed by atoms with E-state index in [2.05, 4.69) is 5.32 Å². The smallest absolute Gasteiger partial charge is 0.416 e. The Balaban J connectivity index is 1.78. The van der Waals surface area contributed by atoms with E-state index >= 15 is 0 Å². The Hall–Kier alpha value is -2.74. The van der Waals surface area contributed by atoms with Crippen molar-refractivity contribution in [2.75, 3.05) is 12.0 Å². The van der Waals surface area contributed by atoms with Gasteiger partial charge in [-0.15, -0.1) is 0 Å². The topological polar surface area (TPSA) is 58.6 Å². The molecule has 9 heteroatoms. The van der Waals surface area contributed by atoms with Crippen molar-refractivity contribution in [3.63, 3.8) is 0 Å². The van der Waals surface area contributed by atoms with Crippen LogP contribution in [0.4, 0.5) is 23.7 Å². The number of rotatable bonds is 6. The molecular formula is C22H20ClF3N2O3. The van der Waals surface area contributed by atoms with Crippen LogP contribution in [0.5, 0.6) is 5.75 Å². The molecule has 1 unspecified atom stereocenters. The first-order valence-corrected chi connectivity index (χ1v) is 10.1. The number of Topliss-reactive ketones (excluding diaryl/α,β-unsaturated/α-hetero) is 1. The average Bonchev–Trinajstić information content (AvgIpc) is 3.56. The van der Waals surface area contributed by atoms with E-state index in [9.17, 15) is 22.8 Å². The number of anilines is 1. The first kappa shape index (κ1) is 21.5. The summed E-state index contributed by atoms with van der Waals surface area (Å²) in [5.74, 6) is -0.267. The molecule has 1 heterocycles. The summed E-state index contributed by atoms with van der Waals surface area (Å²) in [5.41, 5.74) is -2.27. The zero-order valence-electron chi connectivity index (χ0n) is 16.6. The Morgan fingerprint density at radius 3 is 2.48 bits per heavy atom. The Labute approximate surface area is 182 Å². The molecule has 0 spiro atoms. The van der Waals surface area contributed by atoms with E-state index in [-0.39, 0.29) is 28.7 Å². The maximum atomic E-state index is 14.4. The number of urea groups is 1. The van der Waals surface area contributed by atoms with Crippen LogP contribution in [0.15, 0.2) is 42.5 Å². The van der Waals surface area contributed by atoms with Crippen molar-refractivity contribution in [3.05, 3.63) is 58.6 Å². The summed E-state index contributed by atoms with van der Waals surface area (Å²) in [6, 6.07) is 9.94. The molecule has 0 radical (unpaired) electrons. The summed E-state index contributed by atoms with van der Waals surface area (Å²) < 4.78 is 48.4. The number of alkyl halides is 3. The predicted octanol–water partition coefficient (Wildman–Crippen LogP) is 5.21. The van der Waals surface area contributed by atoms with Crippen molar-refractivity contribution < 1.29 is 27.5 Å². The number of fused-ring (bicyclic) bond motifs is 1. The Morgan fingerprint density at radius 1 is 1.23 bits per heavy atom. The number of hydrogen-bond donors (Lipinski definition) is 1. The second kappa shape index (κ2) is 7.75. The highest BCUT2D eigenvalue weighted by molar-refractivity contribution is 6.30. The standard InChI is InChI=1S/C22H20ClF3N2O3/c1-31-16-7-2-13(3-8-16)12-28-18-9-6-15(23)10-17(18)21(22(24,25)26,27-20(28)30)11-19(29)14-4-5-14/h2-3,6-10,14H,4-5,11-12H2,1H3,(H,27,30). The molecule has 164 valence electrons. The van der Waals surface area contributed by atoms with Crippen molar-refractivity contribution >= 4 is 29.1 Å². The first-order chi connectivity index (χ1) is 14.6. The van der Waals surface area contributed by atoms with Gasteiger partial charge in [-0.1, -0.05) is 23.7 Å². The lowest BCUT2D eigenvalue weighted by molar-refractivity contribution is -0.201. The maximum Gasteiger partial charge on any atom is 0.416 e. The lowest BCUT2D eigenvalue weighted by Crippen LogP contribution is -2.63. The molecule has 1 aliphatic carbocycles. The van der Waals surface area contributed by atoms with Gasteiger partial charge in [-0.2, -0.15) is 13.2 Å². The molecule has 1 N–H and O–H groups in total. The number of amides is 2. The number of methoxy groups -OCH3 is 1. The fraction of sp³-hybridized carbons (Fsp3) is 0.364. The molecule has 1 atom stereocenters. The van der Waals surface area contributed by atoms with Gasteiger partial charge in [0.15, 0.2) is 5.54 Å². The zero-order valence-corrected chi connectivity index (χ0v) is 17.4. The van der Waals surface area contributed by atoms with Crippen LogP contribution < -0.4 is 15.0 Å². The van der Waals surface area contributed by atoms with Gasteiger partial charge in [0.1, 0.15) is 11.5 Å². The number of ketones is 1. The summed E-state index contributed by atoms with van der Waals surface area (Å²) in [6.45, 7) is 0.0367. The number of nitrogens with one attached hydrogen (secondary N) is 1. The van der Waals surface area contributed by atoms with Crippen molar-refractivity contribution in [2.45, 2.75) is 37.5 Å². The molecule has 2 aromatic carbocycles. The minimum Gasteiger partial charge on any atom is -0.497 e. The molecule has 1 saturated carbocycles. The van der Waals surface area contributed by atoms with Gasteiger partial charge >= 0.3 is 12.2 Å². The van der Waals surface area contributed by atoms with E-state index < -0.39 is 30.0 Å². The van der Waals surface area contributed by atoms with Gasteiger partial charge < -0.3 is 10.1 Å². The molecule has 0 bridgehead atoms. The Kier molecular flexibility index (Phi) is 5.37. The van der Waals surface area contributed by atoms with Crippen molar-refractivity contribution in [2.24, 2.45) is 5.92 Å². The minimum absolute atomic E-state index is 0.0367. The summed E-state index contributed by atoms with van der Waals surface area (Å²) >= 11 is 6.05. The van der Waals surface area contributed by atoms with E-state index in [0.29, 0.717) is 24.2 Å². The van der Waals surface area contributed by atoms with Crippen LogP contribution in [0.2, 0.25) is 5.02 Å². The highest BCUT2D eigenvalue weighted by Gasteiger charge is 2.62. The van der Waals surface area contributed by atoms with E-state index in [4.69, 9.17) is 16.3 Å². The van der Waals surface area contributed by atoms with Crippen LogP contribution in [-0.4, -0.2) is 25.1 Å². The third kappa shape index (κ3) is 3.96. The molecule has 1 fully saturated rings. The fourth-order valence-corrected chi connectivity index (χ4v) is 4.03. The highest BCUT2D eigenvalue weighted by atomic mass is 35.5. The van der Waals surface area contributed by atoms with E-state index in [1.165, 1.54) is 30.2 Å². The average molecular weight is 453 g/mol. The number of benzene rings is 2. The van der Waals surface area contributed by atoms with Gasteiger partial charge in [0.25, 0.3) is 0 Å². The van der Waals surface area contributed by atoms with Crippen LogP contribution in [0.1, 0.15) is 30.4 Å². The molecule has 2 aromatic rings. The number of nitrogens with zero attached hydrogens (tertiary/aromatic N) is 1. The quantitative estimate of drug-likeness (QED) is 0.655. The van der Waals surface area contributed by atoms with Gasteiger partial charge in [-0.05, 0) is 48.7 Å².